The maximum Gasteiger partial charge on any atom is 0.268 e. The third-order valence-corrected chi connectivity index (χ3v) is 13.2. The van der Waals surface area contributed by atoms with Crippen LogP contribution in [0.4, 0.5) is 0 Å². The van der Waals surface area contributed by atoms with Crippen molar-refractivity contribution in [3.63, 3.8) is 0 Å². The molecule has 352 valence electrons. The van der Waals surface area contributed by atoms with Gasteiger partial charge in [0.1, 0.15) is 5.82 Å². The zero-order valence-corrected chi connectivity index (χ0v) is 44.9. The molecule has 6 aromatic carbocycles. The maximum atomic E-state index is 6.70. The molecule has 6 heteroatoms. The molecule has 0 aliphatic rings. The summed E-state index contributed by atoms with van der Waals surface area (Å²) < 4.78 is 13.3. The SMILES string of the molecule is CC(C)(C)c1cc(-c2cc(C(C)(C)C)cc(C(C)(C)C)c2-[n+]2[c-]n(-c3[c-]c(Oc4[c-]c5c(cc4)c4ccccc4n5-c4cc(C(C)(C)C)ccn4)ccc3)c3ccccc32)cc(C(C)(C)C)c1.[Pt]. The van der Waals surface area contributed by atoms with Crippen molar-refractivity contribution in [2.75, 3.05) is 0 Å². The van der Waals surface area contributed by atoms with Crippen molar-refractivity contribution in [3.8, 4) is 39.8 Å². The summed E-state index contributed by atoms with van der Waals surface area (Å²) >= 11 is 0. The average molecular weight is 1080 g/mol. The van der Waals surface area contributed by atoms with Crippen molar-refractivity contribution < 1.29 is 30.4 Å². The van der Waals surface area contributed by atoms with E-state index in [1.807, 2.05) is 24.4 Å². The van der Waals surface area contributed by atoms with Gasteiger partial charge in [-0.1, -0.05) is 182 Å². The number of hydrogen-bond donors (Lipinski definition) is 0. The molecule has 0 fully saturated rings. The molecule has 5 nitrogen and oxygen atoms in total. The smallest absolute Gasteiger partial charge is 0.268 e. The Kier molecular flexibility index (Phi) is 12.4. The summed E-state index contributed by atoms with van der Waals surface area (Å²) in [5.41, 5.74) is 14.5. The zero-order valence-electron chi connectivity index (χ0n) is 42.6. The molecule has 0 spiro atoms. The second-order valence-corrected chi connectivity index (χ2v) is 23.6. The molecule has 0 atom stereocenters. The van der Waals surface area contributed by atoms with E-state index in [1.165, 1.54) is 38.9 Å². The summed E-state index contributed by atoms with van der Waals surface area (Å²) in [6, 6.07) is 51.0. The number of fused-ring (bicyclic) bond motifs is 4. The Labute approximate surface area is 419 Å². The number of ether oxygens (including phenoxy) is 1. The van der Waals surface area contributed by atoms with Crippen LogP contribution in [0.1, 0.15) is 132 Å². The van der Waals surface area contributed by atoms with Crippen LogP contribution in [-0.4, -0.2) is 14.1 Å². The van der Waals surface area contributed by atoms with Crippen molar-refractivity contribution in [1.82, 2.24) is 14.1 Å². The molecule has 0 saturated carbocycles. The van der Waals surface area contributed by atoms with Crippen LogP contribution >= 0.6 is 0 Å². The quantitative estimate of drug-likeness (QED) is 0.123. The van der Waals surface area contributed by atoms with Crippen LogP contribution in [0, 0.1) is 18.5 Å². The standard InChI is InChI=1S/C62H66N4O.Pt/c1-58(2,3)41-29-30-63-56(36-41)66-52-24-17-16-23-48(52)49-28-27-47(38-55(49)66)67-46-22-20-21-45(37-46)64-39-65(54-26-19-18-25-53(54)64)57-50(34-44(61(10,11)12)35-51(57)62(13,14)15)40-31-42(59(4,5)6)33-43(32-40)60(7,8)9;/h16-36H,1-15H3;/q-2;. The molecule has 0 unspecified atom stereocenters. The van der Waals surface area contributed by atoms with Crippen molar-refractivity contribution in [3.05, 3.63) is 174 Å². The molecule has 68 heavy (non-hydrogen) atoms. The van der Waals surface area contributed by atoms with Gasteiger partial charge in [-0.05, 0) is 95.3 Å². The minimum absolute atomic E-state index is 0. The van der Waals surface area contributed by atoms with Gasteiger partial charge in [0.25, 0.3) is 6.33 Å². The van der Waals surface area contributed by atoms with Crippen LogP contribution in [0.25, 0.3) is 61.2 Å². The first-order chi connectivity index (χ1) is 31.4. The minimum atomic E-state index is -0.196. The van der Waals surface area contributed by atoms with Gasteiger partial charge in [0.2, 0.25) is 0 Å². The number of pyridine rings is 1. The summed E-state index contributed by atoms with van der Waals surface area (Å²) in [4.78, 5) is 4.87. The third kappa shape index (κ3) is 9.24. The minimum Gasteiger partial charge on any atom is -0.510 e. The molecular weight excluding hydrogens is 1010 g/mol. The molecule has 9 aromatic rings. The monoisotopic (exact) mass is 1080 g/mol. The Bertz CT molecular complexity index is 3320. The van der Waals surface area contributed by atoms with Crippen molar-refractivity contribution >= 4 is 32.8 Å². The fraction of sp³-hybridized carbons (Fsp3) is 0.323. The van der Waals surface area contributed by atoms with Crippen LogP contribution in [0.3, 0.4) is 0 Å². The number of para-hydroxylation sites is 3. The fourth-order valence-electron chi connectivity index (χ4n) is 9.08. The van der Waals surface area contributed by atoms with E-state index in [4.69, 9.17) is 9.72 Å². The molecule has 9 rings (SSSR count). The van der Waals surface area contributed by atoms with E-state index in [0.29, 0.717) is 11.5 Å². The predicted octanol–water partition coefficient (Wildman–Crippen LogP) is 15.7. The van der Waals surface area contributed by atoms with Gasteiger partial charge in [-0.3, -0.25) is 4.57 Å². The first-order valence-electron chi connectivity index (χ1n) is 23.8. The van der Waals surface area contributed by atoms with Crippen LogP contribution in [0.15, 0.2) is 128 Å². The van der Waals surface area contributed by atoms with Gasteiger partial charge in [-0.15, -0.1) is 29.7 Å². The molecule has 0 radical (unpaired) electrons. The van der Waals surface area contributed by atoms with Gasteiger partial charge in [-0.2, -0.15) is 18.2 Å². The molecule has 0 aliphatic carbocycles. The Hall–Kier alpha value is -5.77. The Balaban J connectivity index is 0.00000625. The van der Waals surface area contributed by atoms with Gasteiger partial charge < -0.3 is 13.9 Å². The number of imidazole rings is 1. The number of rotatable bonds is 6. The van der Waals surface area contributed by atoms with Gasteiger partial charge in [0.15, 0.2) is 0 Å². The first-order valence-corrected chi connectivity index (χ1v) is 23.8. The van der Waals surface area contributed by atoms with Gasteiger partial charge in [0.05, 0.1) is 16.7 Å². The number of hydrogen-bond acceptors (Lipinski definition) is 2. The molecule has 3 aromatic heterocycles. The predicted molar refractivity (Wildman–Crippen MR) is 279 cm³/mol. The zero-order chi connectivity index (χ0) is 48.0. The summed E-state index contributed by atoms with van der Waals surface area (Å²) in [5.74, 6) is 2.03. The number of nitrogens with zero attached hydrogens (tertiary/aromatic N) is 4. The number of benzene rings is 6. The molecule has 0 N–H and O–H groups in total. The molecule has 3 heterocycles. The first kappa shape index (κ1) is 48.7. The Morgan fingerprint density at radius 3 is 1.76 bits per heavy atom. The molecule has 0 bridgehead atoms. The van der Waals surface area contributed by atoms with E-state index in [1.54, 1.807) is 0 Å². The van der Waals surface area contributed by atoms with Gasteiger partial charge >= 0.3 is 0 Å². The molecule has 0 saturated heterocycles. The fourth-order valence-corrected chi connectivity index (χ4v) is 9.08. The van der Waals surface area contributed by atoms with E-state index in [-0.39, 0.29) is 48.1 Å². The third-order valence-electron chi connectivity index (χ3n) is 13.2. The molecule has 0 amide bonds. The Morgan fingerprint density at radius 2 is 1.12 bits per heavy atom. The topological polar surface area (TPSA) is 35.9 Å². The normalized spacial score (nSPS) is 12.8. The summed E-state index contributed by atoms with van der Waals surface area (Å²) in [7, 11) is 0. The van der Waals surface area contributed by atoms with Crippen LogP contribution in [0.2, 0.25) is 0 Å². The summed E-state index contributed by atoms with van der Waals surface area (Å²) in [5, 5.41) is 2.23. The van der Waals surface area contributed by atoms with Crippen LogP contribution < -0.4 is 9.30 Å². The average Bonchev–Trinajstić information content (AvgIpc) is 3.80. The van der Waals surface area contributed by atoms with E-state index >= 15 is 0 Å². The molecular formula is C62H66N4OPt-2. The van der Waals surface area contributed by atoms with Crippen molar-refractivity contribution in [2.45, 2.75) is 131 Å². The van der Waals surface area contributed by atoms with Gasteiger partial charge in [0, 0.05) is 44.3 Å². The van der Waals surface area contributed by atoms with Gasteiger partial charge in [-0.25, -0.2) is 4.98 Å². The van der Waals surface area contributed by atoms with Crippen molar-refractivity contribution in [1.29, 1.82) is 0 Å². The summed E-state index contributed by atoms with van der Waals surface area (Å²) in [6.45, 7) is 34.5. The van der Waals surface area contributed by atoms with E-state index in [9.17, 15) is 0 Å². The van der Waals surface area contributed by atoms with E-state index < -0.39 is 0 Å². The molecule has 0 aliphatic heterocycles. The second kappa shape index (κ2) is 17.3. The van der Waals surface area contributed by atoms with Crippen molar-refractivity contribution in [2.24, 2.45) is 0 Å². The van der Waals surface area contributed by atoms with E-state index in [0.717, 1.165) is 50.0 Å². The summed E-state index contributed by atoms with van der Waals surface area (Å²) in [6.07, 6.45) is 5.80. The largest absolute Gasteiger partial charge is 0.510 e. The Morgan fingerprint density at radius 1 is 0.515 bits per heavy atom. The second-order valence-electron chi connectivity index (χ2n) is 23.6. The van der Waals surface area contributed by atoms with Crippen LogP contribution in [-0.2, 0) is 48.1 Å². The number of aromatic nitrogens is 4. The maximum absolute atomic E-state index is 6.70. The van der Waals surface area contributed by atoms with E-state index in [2.05, 4.69) is 239 Å². The van der Waals surface area contributed by atoms with Crippen LogP contribution in [0.5, 0.6) is 11.5 Å².